The number of nitriles is 1. The maximum atomic E-state index is 11.3. The molecule has 6 N–H and O–H groups in total. The van der Waals surface area contributed by atoms with E-state index < -0.39 is 21.6 Å². The van der Waals surface area contributed by atoms with Crippen LogP contribution in [0, 0.1) is 11.3 Å². The van der Waals surface area contributed by atoms with Crippen LogP contribution in [0.5, 0.6) is 0 Å². The molecule has 1 aromatic carbocycles. The van der Waals surface area contributed by atoms with E-state index in [1.54, 1.807) is 24.3 Å². The minimum atomic E-state index is -3.81. The second-order valence-corrected chi connectivity index (χ2v) is 6.16. The highest BCUT2D eigenvalue weighted by molar-refractivity contribution is 7.93. The van der Waals surface area contributed by atoms with E-state index in [0.717, 1.165) is 0 Å². The first-order valence-corrected chi connectivity index (χ1v) is 7.31. The minimum Gasteiger partial charge on any atom is -0.322 e. The second kappa shape index (κ2) is 4.85. The summed E-state index contributed by atoms with van der Waals surface area (Å²) in [6.07, 6.45) is 4.18. The first-order chi connectivity index (χ1) is 9.27. The molecule has 2 atom stereocenters. The highest BCUT2D eigenvalue weighted by atomic mass is 32.2. The lowest BCUT2D eigenvalue weighted by atomic mass is 9.81. The van der Waals surface area contributed by atoms with Crippen LogP contribution in [0.15, 0.2) is 47.4 Å². The van der Waals surface area contributed by atoms with Crippen molar-refractivity contribution in [3.8, 4) is 6.07 Å². The van der Waals surface area contributed by atoms with Gasteiger partial charge in [-0.25, -0.2) is 13.6 Å². The molecule has 1 aliphatic carbocycles. The quantitative estimate of drug-likeness (QED) is 0.691. The van der Waals surface area contributed by atoms with Gasteiger partial charge in [-0.15, -0.1) is 0 Å². The Morgan fingerprint density at radius 1 is 1.25 bits per heavy atom. The van der Waals surface area contributed by atoms with Crippen LogP contribution in [0.4, 0.5) is 0 Å². The lowest BCUT2D eigenvalue weighted by molar-refractivity contribution is 0.491. The summed E-state index contributed by atoms with van der Waals surface area (Å²) in [4.78, 5) is -0.0558. The molecular weight excluding hydrogens is 276 g/mol. The molecule has 1 aromatic rings. The van der Waals surface area contributed by atoms with Gasteiger partial charge in [0.2, 0.25) is 10.0 Å². The molecule has 104 valence electrons. The molecule has 6 nitrogen and oxygen atoms in total. The Morgan fingerprint density at radius 2 is 1.85 bits per heavy atom. The average molecular weight is 290 g/mol. The SMILES string of the molecule is N#Cc1ccc(C2(N)C=CC(S(N)(=O)=O)=CC2N)cc1. The van der Waals surface area contributed by atoms with Crippen LogP contribution in [0.3, 0.4) is 0 Å². The smallest absolute Gasteiger partial charge is 0.237 e. The summed E-state index contributed by atoms with van der Waals surface area (Å²) in [6.45, 7) is 0. The maximum Gasteiger partial charge on any atom is 0.237 e. The van der Waals surface area contributed by atoms with E-state index >= 15 is 0 Å². The van der Waals surface area contributed by atoms with Crippen LogP contribution in [-0.2, 0) is 15.6 Å². The Balaban J connectivity index is 2.41. The Bertz CT molecular complexity index is 729. The van der Waals surface area contributed by atoms with Gasteiger partial charge in [0, 0.05) is 0 Å². The average Bonchev–Trinajstić information content (AvgIpc) is 2.41. The number of nitrogens with zero attached hydrogens (tertiary/aromatic N) is 1. The Labute approximate surface area is 117 Å². The first kappa shape index (κ1) is 14.4. The van der Waals surface area contributed by atoms with Crippen molar-refractivity contribution in [3.05, 3.63) is 58.5 Å². The van der Waals surface area contributed by atoms with Gasteiger partial charge in [0.15, 0.2) is 0 Å². The molecule has 20 heavy (non-hydrogen) atoms. The van der Waals surface area contributed by atoms with E-state index in [2.05, 4.69) is 0 Å². The van der Waals surface area contributed by atoms with Crippen molar-refractivity contribution in [3.63, 3.8) is 0 Å². The number of benzene rings is 1. The van der Waals surface area contributed by atoms with E-state index in [4.69, 9.17) is 21.9 Å². The molecule has 2 rings (SSSR count). The molecule has 1 aliphatic rings. The van der Waals surface area contributed by atoms with Gasteiger partial charge in [-0.05, 0) is 29.8 Å². The highest BCUT2D eigenvalue weighted by Crippen LogP contribution is 2.29. The van der Waals surface area contributed by atoms with E-state index in [1.807, 2.05) is 6.07 Å². The van der Waals surface area contributed by atoms with Crippen LogP contribution in [0.2, 0.25) is 0 Å². The standard InChI is InChI=1S/C13H14N4O2S/c14-8-9-1-3-10(4-2-9)13(16)6-5-11(7-12(13)15)20(17,18)19/h1-7,12H,15-16H2,(H2,17,18,19). The van der Waals surface area contributed by atoms with Crippen molar-refractivity contribution in [1.82, 2.24) is 0 Å². The number of nitrogens with two attached hydrogens (primary N) is 3. The van der Waals surface area contributed by atoms with Crippen molar-refractivity contribution in [2.45, 2.75) is 11.6 Å². The van der Waals surface area contributed by atoms with Crippen LogP contribution < -0.4 is 16.6 Å². The number of sulfonamides is 1. The minimum absolute atomic E-state index is 0.0558. The summed E-state index contributed by atoms with van der Waals surface area (Å²) in [5, 5.41) is 13.8. The predicted molar refractivity (Wildman–Crippen MR) is 75.3 cm³/mol. The molecule has 0 heterocycles. The molecule has 0 saturated carbocycles. The first-order valence-electron chi connectivity index (χ1n) is 5.76. The Morgan fingerprint density at radius 3 is 2.30 bits per heavy atom. The summed E-state index contributed by atoms with van der Waals surface area (Å²) in [6, 6.07) is 7.91. The number of primary sulfonamides is 1. The molecule has 0 fully saturated rings. The summed E-state index contributed by atoms with van der Waals surface area (Å²) in [5.74, 6) is 0. The van der Waals surface area contributed by atoms with Crippen molar-refractivity contribution >= 4 is 10.0 Å². The van der Waals surface area contributed by atoms with Crippen LogP contribution >= 0.6 is 0 Å². The number of allylic oxidation sites excluding steroid dienone is 1. The van der Waals surface area contributed by atoms with Gasteiger partial charge in [0.25, 0.3) is 0 Å². The third kappa shape index (κ3) is 2.50. The second-order valence-electron chi connectivity index (χ2n) is 4.60. The van der Waals surface area contributed by atoms with Gasteiger partial charge in [0.05, 0.1) is 28.1 Å². The molecule has 0 saturated heterocycles. The third-order valence-corrected chi connectivity index (χ3v) is 4.19. The largest absolute Gasteiger partial charge is 0.322 e. The number of hydrogen-bond acceptors (Lipinski definition) is 5. The van der Waals surface area contributed by atoms with E-state index in [0.29, 0.717) is 11.1 Å². The predicted octanol–water partition coefficient (Wildman–Crippen LogP) is -0.218. The fraction of sp³-hybridized carbons (Fsp3) is 0.154. The van der Waals surface area contributed by atoms with Gasteiger partial charge in [-0.2, -0.15) is 5.26 Å². The van der Waals surface area contributed by atoms with Crippen molar-refractivity contribution < 1.29 is 8.42 Å². The summed E-state index contributed by atoms with van der Waals surface area (Å²) >= 11 is 0. The molecular formula is C13H14N4O2S. The summed E-state index contributed by atoms with van der Waals surface area (Å²) in [5.41, 5.74) is 12.4. The lowest BCUT2D eigenvalue weighted by Gasteiger charge is -2.34. The summed E-state index contributed by atoms with van der Waals surface area (Å²) < 4.78 is 22.6. The maximum absolute atomic E-state index is 11.3. The Hall–Kier alpha value is -1.98. The van der Waals surface area contributed by atoms with Gasteiger partial charge in [-0.3, -0.25) is 0 Å². The molecule has 7 heteroatoms. The number of hydrogen-bond donors (Lipinski definition) is 3. The molecule has 0 bridgehead atoms. The van der Waals surface area contributed by atoms with Gasteiger partial charge >= 0.3 is 0 Å². The normalized spacial score (nSPS) is 25.9. The van der Waals surface area contributed by atoms with Crippen molar-refractivity contribution in [2.24, 2.45) is 16.6 Å². The number of rotatable bonds is 2. The van der Waals surface area contributed by atoms with Gasteiger partial charge < -0.3 is 11.5 Å². The Kier molecular flexibility index (Phi) is 3.50. The van der Waals surface area contributed by atoms with Crippen LogP contribution in [-0.4, -0.2) is 14.5 Å². The zero-order valence-corrected chi connectivity index (χ0v) is 11.3. The van der Waals surface area contributed by atoms with E-state index in [1.165, 1.54) is 18.2 Å². The van der Waals surface area contributed by atoms with Crippen LogP contribution in [0.25, 0.3) is 0 Å². The fourth-order valence-corrected chi connectivity index (χ4v) is 2.61. The van der Waals surface area contributed by atoms with Gasteiger partial charge in [-0.1, -0.05) is 18.2 Å². The molecule has 0 radical (unpaired) electrons. The van der Waals surface area contributed by atoms with Gasteiger partial charge in [0.1, 0.15) is 0 Å². The van der Waals surface area contributed by atoms with Crippen molar-refractivity contribution in [2.75, 3.05) is 0 Å². The highest BCUT2D eigenvalue weighted by Gasteiger charge is 2.34. The molecule has 0 aromatic heterocycles. The molecule has 0 aliphatic heterocycles. The molecule has 0 amide bonds. The zero-order chi connectivity index (χ0) is 15.0. The molecule has 0 spiro atoms. The summed E-state index contributed by atoms with van der Waals surface area (Å²) in [7, 11) is -3.81. The molecule has 2 unspecified atom stereocenters. The van der Waals surface area contributed by atoms with E-state index in [9.17, 15) is 8.42 Å². The third-order valence-electron chi connectivity index (χ3n) is 3.26. The fourth-order valence-electron chi connectivity index (χ4n) is 2.01. The van der Waals surface area contributed by atoms with E-state index in [-0.39, 0.29) is 4.91 Å². The zero-order valence-electron chi connectivity index (χ0n) is 10.5. The topological polar surface area (TPSA) is 136 Å². The lowest BCUT2D eigenvalue weighted by Crippen LogP contribution is -2.51. The van der Waals surface area contributed by atoms with Crippen LogP contribution in [0.1, 0.15) is 11.1 Å². The van der Waals surface area contributed by atoms with Crippen molar-refractivity contribution in [1.29, 1.82) is 5.26 Å². The monoisotopic (exact) mass is 290 g/mol.